The molecule has 0 unspecified atom stereocenters. The first kappa shape index (κ1) is 13.1. The number of ether oxygens (including phenoxy) is 1. The van der Waals surface area contributed by atoms with Crippen LogP contribution >= 0.6 is 12.6 Å². The maximum Gasteiger partial charge on any atom is 0.258 e. The molecule has 0 aromatic heterocycles. The van der Waals surface area contributed by atoms with Crippen molar-refractivity contribution in [2.24, 2.45) is 0 Å². The second kappa shape index (κ2) is 5.59. The largest absolute Gasteiger partial charge is 0.491 e. The van der Waals surface area contributed by atoms with Gasteiger partial charge in [0.2, 0.25) is 0 Å². The third-order valence-corrected chi connectivity index (χ3v) is 3.56. The summed E-state index contributed by atoms with van der Waals surface area (Å²) in [5.74, 6) is 0.749. The number of hydrogen-bond donors (Lipinski definition) is 1. The molecule has 0 saturated carbocycles. The lowest BCUT2D eigenvalue weighted by molar-refractivity contribution is 0.0987. The smallest absolute Gasteiger partial charge is 0.258 e. The highest BCUT2D eigenvalue weighted by atomic mass is 32.1. The molecule has 0 radical (unpaired) electrons. The Morgan fingerprint density at radius 1 is 1.15 bits per heavy atom. The molecule has 0 N–H and O–H groups in total. The average molecular weight is 285 g/mol. The zero-order chi connectivity index (χ0) is 13.9. The third kappa shape index (κ3) is 2.51. The number of nitrogens with zero attached hydrogens (tertiary/aromatic N) is 1. The lowest BCUT2D eigenvalue weighted by Gasteiger charge is -2.21. The monoisotopic (exact) mass is 285 g/mol. The number of carbonyl (C=O) groups excluding carboxylic acids is 1. The van der Waals surface area contributed by atoms with E-state index in [9.17, 15) is 4.79 Å². The van der Waals surface area contributed by atoms with Gasteiger partial charge in [0.25, 0.3) is 5.91 Å². The second-order valence-corrected chi connectivity index (χ2v) is 5.19. The fraction of sp³-hybridized carbons (Fsp3) is 0.188. The van der Waals surface area contributed by atoms with E-state index in [0.717, 1.165) is 22.8 Å². The fourth-order valence-electron chi connectivity index (χ4n) is 2.33. The van der Waals surface area contributed by atoms with Crippen molar-refractivity contribution >= 4 is 24.2 Å². The van der Waals surface area contributed by atoms with Crippen molar-refractivity contribution in [2.45, 2.75) is 11.3 Å². The Labute approximate surface area is 123 Å². The molecule has 1 heterocycles. The van der Waals surface area contributed by atoms with Gasteiger partial charge in [0, 0.05) is 17.0 Å². The number of thiol groups is 1. The summed E-state index contributed by atoms with van der Waals surface area (Å²) in [6.07, 6.45) is 0.820. The van der Waals surface area contributed by atoms with Gasteiger partial charge >= 0.3 is 0 Å². The van der Waals surface area contributed by atoms with Gasteiger partial charge in [0.1, 0.15) is 5.75 Å². The number of amides is 1. The van der Waals surface area contributed by atoms with Crippen LogP contribution in [0.25, 0.3) is 0 Å². The number of carbonyl (C=O) groups is 1. The van der Waals surface area contributed by atoms with Gasteiger partial charge in [-0.15, -0.1) is 12.6 Å². The van der Waals surface area contributed by atoms with E-state index in [4.69, 9.17) is 4.74 Å². The lowest BCUT2D eigenvalue weighted by Crippen LogP contribution is -2.31. The van der Waals surface area contributed by atoms with Crippen molar-refractivity contribution in [1.82, 2.24) is 0 Å². The summed E-state index contributed by atoms with van der Waals surface area (Å²) < 4.78 is 5.68. The van der Waals surface area contributed by atoms with Crippen LogP contribution in [-0.2, 0) is 0 Å². The summed E-state index contributed by atoms with van der Waals surface area (Å²) in [5, 5.41) is 0. The first-order valence-corrected chi connectivity index (χ1v) is 7.03. The summed E-state index contributed by atoms with van der Waals surface area (Å²) in [5.41, 5.74) is 1.48. The van der Waals surface area contributed by atoms with Crippen molar-refractivity contribution in [3.05, 3.63) is 54.1 Å². The molecule has 0 atom stereocenters. The van der Waals surface area contributed by atoms with E-state index in [1.165, 1.54) is 0 Å². The Hall–Kier alpha value is -1.94. The van der Waals surface area contributed by atoms with Gasteiger partial charge in [-0.3, -0.25) is 4.79 Å². The van der Waals surface area contributed by atoms with Crippen molar-refractivity contribution in [3.8, 4) is 5.75 Å². The van der Waals surface area contributed by atoms with Crippen LogP contribution in [0, 0.1) is 0 Å². The maximum atomic E-state index is 12.7. The molecule has 2 aromatic carbocycles. The van der Waals surface area contributed by atoms with Crippen LogP contribution in [0.5, 0.6) is 5.75 Å². The van der Waals surface area contributed by atoms with Crippen molar-refractivity contribution in [2.75, 3.05) is 18.1 Å². The van der Waals surface area contributed by atoms with Crippen molar-refractivity contribution < 1.29 is 9.53 Å². The Morgan fingerprint density at radius 2 is 2.00 bits per heavy atom. The van der Waals surface area contributed by atoms with Crippen LogP contribution in [0.2, 0.25) is 0 Å². The molecule has 0 saturated heterocycles. The molecule has 4 heteroatoms. The minimum atomic E-state index is -0.0150. The molecule has 1 amide bonds. The summed E-state index contributed by atoms with van der Waals surface area (Å²) in [6.45, 7) is 1.29. The number of anilines is 1. The van der Waals surface area contributed by atoms with Gasteiger partial charge < -0.3 is 9.64 Å². The first-order chi connectivity index (χ1) is 9.75. The molecular formula is C16H15NO2S. The second-order valence-electron chi connectivity index (χ2n) is 4.68. The van der Waals surface area contributed by atoms with E-state index in [1.54, 1.807) is 11.0 Å². The molecule has 1 aliphatic heterocycles. The van der Waals surface area contributed by atoms with Gasteiger partial charge in [-0.1, -0.05) is 18.2 Å². The maximum absolute atomic E-state index is 12.7. The van der Waals surface area contributed by atoms with Crippen molar-refractivity contribution in [1.29, 1.82) is 0 Å². The lowest BCUT2D eigenvalue weighted by atomic mass is 10.1. The highest BCUT2D eigenvalue weighted by Gasteiger charge is 2.22. The van der Waals surface area contributed by atoms with Gasteiger partial charge in [-0.05, 0) is 36.8 Å². The Bertz CT molecular complexity index is 642. The van der Waals surface area contributed by atoms with E-state index < -0.39 is 0 Å². The van der Waals surface area contributed by atoms with Gasteiger partial charge in [0.05, 0.1) is 12.3 Å². The highest BCUT2D eigenvalue weighted by Crippen LogP contribution is 2.31. The molecule has 3 rings (SSSR count). The summed E-state index contributed by atoms with van der Waals surface area (Å²) in [4.78, 5) is 15.3. The van der Waals surface area contributed by atoms with Crippen LogP contribution in [0.15, 0.2) is 53.4 Å². The summed E-state index contributed by atoms with van der Waals surface area (Å²) in [6, 6.07) is 15.0. The van der Waals surface area contributed by atoms with E-state index in [1.807, 2.05) is 42.5 Å². The number of hydrogen-bond acceptors (Lipinski definition) is 3. The molecule has 20 heavy (non-hydrogen) atoms. The molecule has 102 valence electrons. The molecule has 0 aliphatic carbocycles. The van der Waals surface area contributed by atoms with Crippen LogP contribution in [0.1, 0.15) is 16.8 Å². The minimum Gasteiger partial charge on any atom is -0.491 e. The molecular weight excluding hydrogens is 270 g/mol. The average Bonchev–Trinajstić information content (AvgIpc) is 2.69. The van der Waals surface area contributed by atoms with Crippen LogP contribution in [-0.4, -0.2) is 19.1 Å². The minimum absolute atomic E-state index is 0.0150. The van der Waals surface area contributed by atoms with E-state index >= 15 is 0 Å². The van der Waals surface area contributed by atoms with Gasteiger partial charge in [-0.25, -0.2) is 0 Å². The predicted molar refractivity (Wildman–Crippen MR) is 81.9 cm³/mol. The van der Waals surface area contributed by atoms with E-state index in [2.05, 4.69) is 12.6 Å². The van der Waals surface area contributed by atoms with Crippen LogP contribution in [0.3, 0.4) is 0 Å². The van der Waals surface area contributed by atoms with Crippen LogP contribution < -0.4 is 9.64 Å². The Balaban J connectivity index is 1.99. The van der Waals surface area contributed by atoms with Crippen molar-refractivity contribution in [3.63, 3.8) is 0 Å². The molecule has 0 spiro atoms. The quantitative estimate of drug-likeness (QED) is 0.814. The highest BCUT2D eigenvalue weighted by molar-refractivity contribution is 7.80. The number of fused-ring (bicyclic) bond motifs is 1. The molecule has 1 aliphatic rings. The molecule has 0 fully saturated rings. The fourth-order valence-corrected chi connectivity index (χ4v) is 2.56. The normalized spacial score (nSPS) is 14.2. The number of para-hydroxylation sites is 2. The van der Waals surface area contributed by atoms with Gasteiger partial charge in [-0.2, -0.15) is 0 Å². The Morgan fingerprint density at radius 3 is 2.85 bits per heavy atom. The van der Waals surface area contributed by atoms with E-state index in [-0.39, 0.29) is 5.91 Å². The molecule has 2 aromatic rings. The van der Waals surface area contributed by atoms with Gasteiger partial charge in [0.15, 0.2) is 0 Å². The summed E-state index contributed by atoms with van der Waals surface area (Å²) >= 11 is 4.29. The SMILES string of the molecule is O=C(c1cccc(S)c1)N1CCCOc2ccccc21. The first-order valence-electron chi connectivity index (χ1n) is 6.58. The zero-order valence-electron chi connectivity index (χ0n) is 11.0. The topological polar surface area (TPSA) is 29.5 Å². The zero-order valence-corrected chi connectivity index (χ0v) is 11.8. The summed E-state index contributed by atoms with van der Waals surface area (Å²) in [7, 11) is 0. The van der Waals surface area contributed by atoms with E-state index in [0.29, 0.717) is 18.7 Å². The van der Waals surface area contributed by atoms with Crippen LogP contribution in [0.4, 0.5) is 5.69 Å². The number of rotatable bonds is 1. The molecule has 3 nitrogen and oxygen atoms in total. The predicted octanol–water partition coefficient (Wildman–Crippen LogP) is 3.40. The standard InChI is InChI=1S/C16H15NO2S/c18-16(12-5-3-6-13(20)11-12)17-9-4-10-19-15-8-2-1-7-14(15)17/h1-3,5-8,11,20H,4,9-10H2. The molecule has 0 bridgehead atoms. The Kier molecular flexibility index (Phi) is 3.65. The number of benzene rings is 2. The third-order valence-electron chi connectivity index (χ3n) is 3.28.